The molecule has 0 bridgehead atoms. The molecule has 1 atom stereocenters. The van der Waals surface area contributed by atoms with E-state index in [1.165, 1.54) is 17.1 Å². The zero-order valence-corrected chi connectivity index (χ0v) is 17.1. The highest BCUT2D eigenvalue weighted by atomic mass is 127. The Balaban J connectivity index is 0.00000312. The number of guanidine groups is 1. The van der Waals surface area contributed by atoms with Crippen molar-refractivity contribution in [3.8, 4) is 0 Å². The Labute approximate surface area is 171 Å². The number of hydrogen-bond acceptors (Lipinski definition) is 4. The van der Waals surface area contributed by atoms with Crippen molar-refractivity contribution in [3.05, 3.63) is 56.3 Å². The van der Waals surface area contributed by atoms with Crippen LogP contribution in [0.15, 0.2) is 35.6 Å². The second kappa shape index (κ2) is 9.78. The summed E-state index contributed by atoms with van der Waals surface area (Å²) < 4.78 is 1.44. The average molecular weight is 499 g/mol. The van der Waals surface area contributed by atoms with Crippen LogP contribution in [0.1, 0.15) is 18.5 Å². The summed E-state index contributed by atoms with van der Waals surface area (Å²) in [4.78, 5) is 14.2. The highest BCUT2D eigenvalue weighted by Crippen LogP contribution is 2.25. The number of aliphatic imine (C=N–C) groups is 1. The van der Waals surface area contributed by atoms with E-state index in [0.29, 0.717) is 23.1 Å². The number of halogens is 3. The average Bonchev–Trinajstić information content (AvgIpc) is 2.96. The molecule has 0 amide bonds. The molecule has 3 N–H and O–H groups in total. The molecule has 136 valence electrons. The van der Waals surface area contributed by atoms with Crippen molar-refractivity contribution in [2.24, 2.45) is 10.7 Å². The number of hydrogen-bond donors (Lipinski definition) is 2. The Bertz CT molecular complexity index is 768. The summed E-state index contributed by atoms with van der Waals surface area (Å²) in [5, 5.41) is 18.6. The predicted octanol–water partition coefficient (Wildman–Crippen LogP) is 3.38. The molecule has 2 aromatic rings. The molecule has 0 aliphatic heterocycles. The molecule has 0 spiro atoms. The van der Waals surface area contributed by atoms with Crippen LogP contribution >= 0.6 is 47.2 Å². The van der Waals surface area contributed by atoms with Gasteiger partial charge in [0, 0.05) is 10.0 Å². The number of nitrogens with two attached hydrogens (primary N) is 1. The zero-order valence-electron chi connectivity index (χ0n) is 13.2. The van der Waals surface area contributed by atoms with Gasteiger partial charge < -0.3 is 11.1 Å². The van der Waals surface area contributed by atoms with Crippen molar-refractivity contribution in [1.29, 1.82) is 0 Å². The molecule has 1 heterocycles. The van der Waals surface area contributed by atoms with E-state index in [9.17, 15) is 10.1 Å². The fourth-order valence-corrected chi connectivity index (χ4v) is 2.61. The largest absolute Gasteiger partial charge is 0.370 e. The van der Waals surface area contributed by atoms with Crippen LogP contribution in [0.4, 0.5) is 5.69 Å². The molecule has 1 unspecified atom stereocenters. The normalized spacial score (nSPS) is 12.4. The van der Waals surface area contributed by atoms with Crippen molar-refractivity contribution in [2.75, 3.05) is 6.54 Å². The van der Waals surface area contributed by atoms with Crippen LogP contribution in [0.2, 0.25) is 10.0 Å². The summed E-state index contributed by atoms with van der Waals surface area (Å²) >= 11 is 12.0. The smallest absolute Gasteiger partial charge is 0.306 e. The molecule has 8 nitrogen and oxygen atoms in total. The molecule has 0 saturated carbocycles. The Morgan fingerprint density at radius 2 is 2.24 bits per heavy atom. The van der Waals surface area contributed by atoms with Crippen LogP contribution in [0, 0.1) is 10.1 Å². The topological polar surface area (TPSA) is 111 Å². The van der Waals surface area contributed by atoms with Gasteiger partial charge in [-0.05, 0) is 24.6 Å². The molecule has 0 aliphatic rings. The summed E-state index contributed by atoms with van der Waals surface area (Å²) in [6.45, 7) is 2.61. The molecular formula is C14H17Cl2IN6O2. The first-order chi connectivity index (χ1) is 11.4. The molecular weight excluding hydrogens is 482 g/mol. The third-order valence-corrected chi connectivity index (χ3v) is 3.80. The highest BCUT2D eigenvalue weighted by Gasteiger charge is 2.11. The maximum absolute atomic E-state index is 10.6. The third-order valence-electron chi connectivity index (χ3n) is 3.24. The van der Waals surface area contributed by atoms with Crippen LogP contribution < -0.4 is 11.1 Å². The fraction of sp³-hybridized carbons (Fsp3) is 0.286. The van der Waals surface area contributed by atoms with Crippen LogP contribution in [0.3, 0.4) is 0 Å². The van der Waals surface area contributed by atoms with Gasteiger partial charge in [0.1, 0.15) is 12.4 Å². The van der Waals surface area contributed by atoms with E-state index in [0.717, 1.165) is 5.56 Å². The molecule has 0 radical (unpaired) electrons. The lowest BCUT2D eigenvalue weighted by Gasteiger charge is -2.16. The molecule has 1 aromatic heterocycles. The second-order valence-electron chi connectivity index (χ2n) is 5.02. The van der Waals surface area contributed by atoms with Gasteiger partial charge in [0.05, 0.1) is 24.1 Å². The van der Waals surface area contributed by atoms with E-state index in [-0.39, 0.29) is 41.7 Å². The number of nitrogens with zero attached hydrogens (tertiary/aromatic N) is 4. The van der Waals surface area contributed by atoms with E-state index < -0.39 is 4.92 Å². The van der Waals surface area contributed by atoms with Gasteiger partial charge in [0.15, 0.2) is 5.96 Å². The van der Waals surface area contributed by atoms with Gasteiger partial charge in [-0.2, -0.15) is 5.10 Å². The molecule has 0 saturated heterocycles. The number of rotatable bonds is 6. The monoisotopic (exact) mass is 498 g/mol. The molecule has 0 aliphatic carbocycles. The summed E-state index contributed by atoms with van der Waals surface area (Å²) in [6.07, 6.45) is 2.53. The third kappa shape index (κ3) is 6.33. The standard InChI is InChI=1S/C14H16Cl2N6O2.HI/c1-9(12-3-2-10(15)6-13(12)16)20-14(17)18-4-5-21-8-11(7-19-21)22(23)24;/h2-3,6-9H,4-5H2,1H3,(H3,17,18,20);1H. The van der Waals surface area contributed by atoms with Gasteiger partial charge in [-0.3, -0.25) is 19.8 Å². The summed E-state index contributed by atoms with van der Waals surface area (Å²) in [7, 11) is 0. The lowest BCUT2D eigenvalue weighted by Crippen LogP contribution is -2.34. The molecule has 1 aromatic carbocycles. The van der Waals surface area contributed by atoms with Gasteiger partial charge in [0.2, 0.25) is 0 Å². The van der Waals surface area contributed by atoms with Crippen LogP contribution in [0.25, 0.3) is 0 Å². The van der Waals surface area contributed by atoms with Crippen molar-refractivity contribution in [2.45, 2.75) is 19.5 Å². The summed E-state index contributed by atoms with van der Waals surface area (Å²) in [5.74, 6) is 0.246. The SMILES string of the molecule is CC(NC(N)=NCCn1cc([N+](=O)[O-])cn1)c1ccc(Cl)cc1Cl.I. The lowest BCUT2D eigenvalue weighted by atomic mass is 10.1. The number of aromatic nitrogens is 2. The van der Waals surface area contributed by atoms with Crippen LogP contribution in [-0.2, 0) is 6.54 Å². The minimum atomic E-state index is -0.500. The van der Waals surface area contributed by atoms with Crippen LogP contribution in [0.5, 0.6) is 0 Å². The zero-order chi connectivity index (χ0) is 17.7. The molecule has 25 heavy (non-hydrogen) atoms. The van der Waals surface area contributed by atoms with Gasteiger partial charge >= 0.3 is 5.69 Å². The molecule has 2 rings (SSSR count). The van der Waals surface area contributed by atoms with E-state index in [4.69, 9.17) is 28.9 Å². The van der Waals surface area contributed by atoms with Gasteiger partial charge in [0.25, 0.3) is 0 Å². The lowest BCUT2D eigenvalue weighted by molar-refractivity contribution is -0.385. The first-order valence-corrected chi connectivity index (χ1v) is 7.80. The van der Waals surface area contributed by atoms with Crippen molar-refractivity contribution in [1.82, 2.24) is 15.1 Å². The highest BCUT2D eigenvalue weighted by molar-refractivity contribution is 14.0. The predicted molar refractivity (Wildman–Crippen MR) is 109 cm³/mol. The minimum absolute atomic E-state index is 0. The second-order valence-corrected chi connectivity index (χ2v) is 5.86. The Morgan fingerprint density at radius 3 is 2.84 bits per heavy atom. The number of nitro groups is 1. The number of benzene rings is 1. The summed E-state index contributed by atoms with van der Waals surface area (Å²) in [5.41, 5.74) is 6.63. The maximum atomic E-state index is 10.6. The van der Waals surface area contributed by atoms with Crippen molar-refractivity contribution < 1.29 is 4.92 Å². The van der Waals surface area contributed by atoms with Gasteiger partial charge in [-0.15, -0.1) is 24.0 Å². The first kappa shape index (κ1) is 21.5. The fourth-order valence-electron chi connectivity index (χ4n) is 2.04. The van der Waals surface area contributed by atoms with Crippen molar-refractivity contribution >= 4 is 58.8 Å². The van der Waals surface area contributed by atoms with Gasteiger partial charge in [-0.1, -0.05) is 29.3 Å². The molecule has 0 fully saturated rings. The summed E-state index contributed by atoms with van der Waals surface area (Å²) in [6, 6.07) is 5.08. The molecule has 11 heteroatoms. The van der Waals surface area contributed by atoms with E-state index in [1.54, 1.807) is 12.1 Å². The Morgan fingerprint density at radius 1 is 1.52 bits per heavy atom. The number of nitrogens with one attached hydrogen (secondary N) is 1. The Kier molecular flexibility index (Phi) is 8.39. The van der Waals surface area contributed by atoms with Crippen molar-refractivity contribution in [3.63, 3.8) is 0 Å². The quantitative estimate of drug-likeness (QED) is 0.208. The van der Waals surface area contributed by atoms with Crippen LogP contribution in [-0.4, -0.2) is 27.2 Å². The van der Waals surface area contributed by atoms with E-state index >= 15 is 0 Å². The maximum Gasteiger partial charge on any atom is 0.306 e. The Hall–Kier alpha value is -1.59. The first-order valence-electron chi connectivity index (χ1n) is 7.05. The van der Waals surface area contributed by atoms with E-state index in [2.05, 4.69) is 15.4 Å². The minimum Gasteiger partial charge on any atom is -0.370 e. The van der Waals surface area contributed by atoms with Gasteiger partial charge in [-0.25, -0.2) is 0 Å². The van der Waals surface area contributed by atoms with E-state index in [1.807, 2.05) is 13.0 Å².